The number of hydrogen-bond acceptors (Lipinski definition) is 4. The largest absolute Gasteiger partial charge is 0.481 e. The Bertz CT molecular complexity index is 461. The molecule has 6 heteroatoms. The molecule has 1 amide bonds. The number of carboxylic acid groups (broad SMARTS) is 1. The van der Waals surface area contributed by atoms with E-state index in [9.17, 15) is 9.59 Å². The highest BCUT2D eigenvalue weighted by Crippen LogP contribution is 2.24. The summed E-state index contributed by atoms with van der Waals surface area (Å²) in [5.74, 6) is -1.29. The number of amides is 1. The molecule has 2 heterocycles. The molecule has 3 N–H and O–H groups in total. The maximum atomic E-state index is 11.2. The summed E-state index contributed by atoms with van der Waals surface area (Å²) in [4.78, 5) is 28.0. The standard InChI is InChI=1S/C11H13N3O3/c12-9(15)8-2-1-4-13-10(8)14-5-3-7(6-14)11(16)17/h1-2,4,7H,3,5-6H2,(H2,12,15)(H,16,17). The molecule has 0 aliphatic carbocycles. The Kier molecular flexibility index (Phi) is 2.95. The fourth-order valence-corrected chi connectivity index (χ4v) is 2.00. The zero-order valence-electron chi connectivity index (χ0n) is 9.17. The zero-order valence-corrected chi connectivity index (χ0v) is 9.17. The number of hydrogen-bond donors (Lipinski definition) is 2. The van der Waals surface area contributed by atoms with Crippen LogP contribution in [0, 0.1) is 5.92 Å². The molecule has 1 fully saturated rings. The van der Waals surface area contributed by atoms with Gasteiger partial charge in [-0.3, -0.25) is 9.59 Å². The van der Waals surface area contributed by atoms with Gasteiger partial charge < -0.3 is 15.7 Å². The number of rotatable bonds is 3. The number of anilines is 1. The average Bonchev–Trinajstić information content (AvgIpc) is 2.78. The number of carbonyl (C=O) groups is 2. The molecule has 1 aliphatic heterocycles. The van der Waals surface area contributed by atoms with E-state index in [-0.39, 0.29) is 0 Å². The van der Waals surface area contributed by atoms with E-state index < -0.39 is 17.8 Å². The number of nitrogens with zero attached hydrogens (tertiary/aromatic N) is 2. The van der Waals surface area contributed by atoms with Crippen molar-refractivity contribution in [2.75, 3.05) is 18.0 Å². The Labute approximate surface area is 98.1 Å². The minimum Gasteiger partial charge on any atom is -0.481 e. The first-order valence-corrected chi connectivity index (χ1v) is 5.32. The summed E-state index contributed by atoms with van der Waals surface area (Å²) in [6.07, 6.45) is 2.12. The van der Waals surface area contributed by atoms with Crippen molar-refractivity contribution in [1.29, 1.82) is 0 Å². The van der Waals surface area contributed by atoms with Crippen LogP contribution in [-0.4, -0.2) is 35.1 Å². The van der Waals surface area contributed by atoms with Crippen molar-refractivity contribution in [1.82, 2.24) is 4.98 Å². The van der Waals surface area contributed by atoms with Gasteiger partial charge in [-0.2, -0.15) is 0 Å². The lowest BCUT2D eigenvalue weighted by Crippen LogP contribution is -2.26. The third kappa shape index (κ3) is 2.20. The number of primary amides is 1. The second kappa shape index (κ2) is 4.40. The maximum Gasteiger partial charge on any atom is 0.308 e. The molecule has 0 spiro atoms. The summed E-state index contributed by atoms with van der Waals surface area (Å²) >= 11 is 0. The van der Waals surface area contributed by atoms with Crippen LogP contribution >= 0.6 is 0 Å². The van der Waals surface area contributed by atoms with Crippen molar-refractivity contribution >= 4 is 17.7 Å². The first kappa shape index (κ1) is 11.4. The van der Waals surface area contributed by atoms with Gasteiger partial charge >= 0.3 is 5.97 Å². The molecule has 1 saturated heterocycles. The van der Waals surface area contributed by atoms with Gasteiger partial charge in [0.2, 0.25) is 0 Å². The molecule has 6 nitrogen and oxygen atoms in total. The van der Waals surface area contributed by atoms with Crippen molar-refractivity contribution in [2.24, 2.45) is 11.7 Å². The third-order valence-electron chi connectivity index (χ3n) is 2.89. The normalized spacial score (nSPS) is 19.3. The fourth-order valence-electron chi connectivity index (χ4n) is 2.00. The molecule has 90 valence electrons. The van der Waals surface area contributed by atoms with Crippen LogP contribution in [-0.2, 0) is 4.79 Å². The fraction of sp³-hybridized carbons (Fsp3) is 0.364. The van der Waals surface area contributed by atoms with Gasteiger partial charge in [-0.1, -0.05) is 0 Å². The number of aliphatic carboxylic acids is 1. The minimum absolute atomic E-state index is 0.332. The van der Waals surface area contributed by atoms with Crippen molar-refractivity contribution in [3.63, 3.8) is 0 Å². The van der Waals surface area contributed by atoms with Crippen molar-refractivity contribution in [2.45, 2.75) is 6.42 Å². The summed E-state index contributed by atoms with van der Waals surface area (Å²) in [6.45, 7) is 0.945. The Morgan fingerprint density at radius 2 is 2.29 bits per heavy atom. The highest BCUT2D eigenvalue weighted by Gasteiger charge is 2.30. The highest BCUT2D eigenvalue weighted by molar-refractivity contribution is 5.97. The van der Waals surface area contributed by atoms with Gasteiger partial charge in [-0.25, -0.2) is 4.98 Å². The summed E-state index contributed by atoms with van der Waals surface area (Å²) < 4.78 is 0. The summed E-state index contributed by atoms with van der Waals surface area (Å²) in [5.41, 5.74) is 5.59. The van der Waals surface area contributed by atoms with Crippen LogP contribution in [0.4, 0.5) is 5.82 Å². The van der Waals surface area contributed by atoms with Crippen molar-refractivity contribution in [3.8, 4) is 0 Å². The number of carboxylic acids is 1. The van der Waals surface area contributed by atoms with Gasteiger partial charge in [-0.05, 0) is 18.6 Å². The minimum atomic E-state index is -0.816. The van der Waals surface area contributed by atoms with E-state index in [1.165, 1.54) is 0 Å². The Balaban J connectivity index is 2.24. The second-order valence-electron chi connectivity index (χ2n) is 4.01. The first-order valence-electron chi connectivity index (χ1n) is 5.32. The molecule has 1 unspecified atom stereocenters. The number of carbonyl (C=O) groups excluding carboxylic acids is 1. The van der Waals surface area contributed by atoms with E-state index in [1.54, 1.807) is 23.2 Å². The predicted molar refractivity (Wildman–Crippen MR) is 60.7 cm³/mol. The lowest BCUT2D eigenvalue weighted by molar-refractivity contribution is -0.140. The van der Waals surface area contributed by atoms with E-state index in [1.807, 2.05) is 0 Å². The Morgan fingerprint density at radius 1 is 1.53 bits per heavy atom. The molecular formula is C11H13N3O3. The third-order valence-corrected chi connectivity index (χ3v) is 2.89. The van der Waals surface area contributed by atoms with Gasteiger partial charge in [0.1, 0.15) is 5.82 Å². The molecule has 1 aliphatic rings. The Hall–Kier alpha value is -2.11. The number of pyridine rings is 1. The van der Waals surface area contributed by atoms with Crippen molar-refractivity contribution in [3.05, 3.63) is 23.9 Å². The van der Waals surface area contributed by atoms with Crippen LogP contribution in [0.1, 0.15) is 16.8 Å². The topological polar surface area (TPSA) is 96.5 Å². The molecular weight excluding hydrogens is 222 g/mol. The average molecular weight is 235 g/mol. The van der Waals surface area contributed by atoms with Crippen molar-refractivity contribution < 1.29 is 14.7 Å². The molecule has 0 aromatic carbocycles. The highest BCUT2D eigenvalue weighted by atomic mass is 16.4. The van der Waals surface area contributed by atoms with Gasteiger partial charge in [0.05, 0.1) is 11.5 Å². The van der Waals surface area contributed by atoms with Crippen LogP contribution < -0.4 is 10.6 Å². The molecule has 1 atom stereocenters. The quantitative estimate of drug-likeness (QED) is 0.774. The van der Waals surface area contributed by atoms with Crippen LogP contribution in [0.2, 0.25) is 0 Å². The van der Waals surface area contributed by atoms with Crippen LogP contribution in [0.5, 0.6) is 0 Å². The SMILES string of the molecule is NC(=O)c1cccnc1N1CCC(C(=O)O)C1. The van der Waals surface area contributed by atoms with Crippen LogP contribution in [0.15, 0.2) is 18.3 Å². The number of aromatic nitrogens is 1. The van der Waals surface area contributed by atoms with E-state index in [0.717, 1.165) is 0 Å². The van der Waals surface area contributed by atoms with E-state index in [4.69, 9.17) is 10.8 Å². The lowest BCUT2D eigenvalue weighted by Gasteiger charge is -2.18. The molecule has 1 aromatic rings. The van der Waals surface area contributed by atoms with E-state index >= 15 is 0 Å². The van der Waals surface area contributed by atoms with Gasteiger partial charge in [0.15, 0.2) is 0 Å². The molecule has 2 rings (SSSR count). The summed E-state index contributed by atoms with van der Waals surface area (Å²) in [7, 11) is 0. The van der Waals surface area contributed by atoms with Gasteiger partial charge in [0, 0.05) is 19.3 Å². The Morgan fingerprint density at radius 3 is 2.88 bits per heavy atom. The van der Waals surface area contributed by atoms with Gasteiger partial charge in [-0.15, -0.1) is 0 Å². The predicted octanol–water partition coefficient (Wildman–Crippen LogP) is 0.0914. The maximum absolute atomic E-state index is 11.2. The summed E-state index contributed by atoms with van der Waals surface area (Å²) in [5, 5.41) is 8.92. The van der Waals surface area contributed by atoms with Crippen LogP contribution in [0.25, 0.3) is 0 Å². The monoisotopic (exact) mass is 235 g/mol. The van der Waals surface area contributed by atoms with Gasteiger partial charge in [0.25, 0.3) is 5.91 Å². The molecule has 1 aromatic heterocycles. The zero-order chi connectivity index (χ0) is 12.4. The smallest absolute Gasteiger partial charge is 0.308 e. The summed E-state index contributed by atoms with van der Waals surface area (Å²) in [6, 6.07) is 3.23. The van der Waals surface area contributed by atoms with Crippen LogP contribution in [0.3, 0.4) is 0 Å². The first-order chi connectivity index (χ1) is 8.09. The molecule has 0 bridgehead atoms. The second-order valence-corrected chi connectivity index (χ2v) is 4.01. The van der Waals surface area contributed by atoms with E-state index in [2.05, 4.69) is 4.98 Å². The number of nitrogens with two attached hydrogens (primary N) is 1. The lowest BCUT2D eigenvalue weighted by atomic mass is 10.1. The molecule has 0 radical (unpaired) electrons. The molecule has 17 heavy (non-hydrogen) atoms. The van der Waals surface area contributed by atoms with E-state index in [0.29, 0.717) is 30.9 Å². The molecule has 0 saturated carbocycles.